The summed E-state index contributed by atoms with van der Waals surface area (Å²) in [4.78, 5) is 25.4. The van der Waals surface area contributed by atoms with Crippen molar-refractivity contribution in [3.8, 4) is 0 Å². The number of rotatable bonds is 6. The van der Waals surface area contributed by atoms with Crippen molar-refractivity contribution in [2.24, 2.45) is 0 Å². The molecule has 0 saturated heterocycles. The van der Waals surface area contributed by atoms with Gasteiger partial charge in [-0.2, -0.15) is 0 Å². The van der Waals surface area contributed by atoms with E-state index >= 15 is 0 Å². The summed E-state index contributed by atoms with van der Waals surface area (Å²) in [6.07, 6.45) is 1.85. The molecule has 2 aromatic rings. The summed E-state index contributed by atoms with van der Waals surface area (Å²) in [5, 5.41) is 10.7. The molecular weight excluding hydrogens is 278 g/mol. The largest absolute Gasteiger partial charge is 0.436 e. The topological polar surface area (TPSA) is 96.5 Å². The number of carbonyl (C=O) groups excluding carboxylic acids is 1. The lowest BCUT2D eigenvalue weighted by Gasteiger charge is -2.13. The highest BCUT2D eigenvalue weighted by Gasteiger charge is 2.17. The third-order valence-corrected chi connectivity index (χ3v) is 2.59. The fourth-order valence-corrected chi connectivity index (χ4v) is 1.59. The molecule has 0 amide bonds. The van der Waals surface area contributed by atoms with Crippen LogP contribution in [0.2, 0.25) is 0 Å². The quantitative estimate of drug-likeness (QED) is 0.349. The lowest BCUT2D eigenvalue weighted by molar-refractivity contribution is -0.398. The number of ether oxygens (including phenoxy) is 2. The average Bonchev–Trinajstić information content (AvgIpc) is 2.94. The number of nitrogens with zero attached hydrogens (tertiary/aromatic N) is 3. The van der Waals surface area contributed by atoms with E-state index in [1.54, 1.807) is 30.3 Å². The number of aromatic nitrogens is 2. The van der Waals surface area contributed by atoms with Crippen molar-refractivity contribution in [2.45, 2.75) is 19.9 Å². The third-order valence-electron chi connectivity index (χ3n) is 2.59. The van der Waals surface area contributed by atoms with Crippen molar-refractivity contribution in [2.75, 3.05) is 0 Å². The third kappa shape index (κ3) is 3.86. The Morgan fingerprint density at radius 2 is 2.14 bits per heavy atom. The highest BCUT2D eigenvalue weighted by atomic mass is 16.7. The van der Waals surface area contributed by atoms with E-state index < -0.39 is 17.2 Å². The molecule has 0 aliphatic carbocycles. The van der Waals surface area contributed by atoms with Crippen LogP contribution in [0, 0.1) is 10.1 Å². The number of nitro groups is 1. The number of carbonyl (C=O) groups is 1. The molecule has 1 heterocycles. The fourth-order valence-electron chi connectivity index (χ4n) is 1.59. The van der Waals surface area contributed by atoms with Crippen molar-refractivity contribution < 1.29 is 19.2 Å². The first-order chi connectivity index (χ1) is 10.1. The van der Waals surface area contributed by atoms with E-state index in [1.165, 1.54) is 23.9 Å². The van der Waals surface area contributed by atoms with Gasteiger partial charge >= 0.3 is 11.9 Å². The predicted molar refractivity (Wildman–Crippen MR) is 71.3 cm³/mol. The molecule has 0 fully saturated rings. The summed E-state index contributed by atoms with van der Waals surface area (Å²) >= 11 is 0. The van der Waals surface area contributed by atoms with E-state index in [2.05, 4.69) is 4.98 Å². The molecule has 0 spiro atoms. The molecule has 1 atom stereocenters. The van der Waals surface area contributed by atoms with E-state index in [9.17, 15) is 14.9 Å². The highest BCUT2D eigenvalue weighted by Crippen LogP contribution is 2.09. The summed E-state index contributed by atoms with van der Waals surface area (Å²) in [6.45, 7) is 1.39. The Balaban J connectivity index is 1.88. The minimum atomic E-state index is -0.847. The Morgan fingerprint density at radius 3 is 2.81 bits per heavy atom. The second kappa shape index (κ2) is 6.62. The minimum absolute atomic E-state index is 0.139. The van der Waals surface area contributed by atoms with Crippen molar-refractivity contribution >= 4 is 11.9 Å². The van der Waals surface area contributed by atoms with Gasteiger partial charge in [0.15, 0.2) is 6.73 Å². The zero-order valence-corrected chi connectivity index (χ0v) is 11.2. The number of esters is 1. The van der Waals surface area contributed by atoms with Gasteiger partial charge in [-0.1, -0.05) is 23.2 Å². The van der Waals surface area contributed by atoms with Gasteiger partial charge in [0.05, 0.1) is 5.56 Å². The molecule has 0 radical (unpaired) electrons. The van der Waals surface area contributed by atoms with Gasteiger partial charge in [0.1, 0.15) is 12.4 Å². The molecule has 1 unspecified atom stereocenters. The van der Waals surface area contributed by atoms with Crippen molar-refractivity contribution in [1.29, 1.82) is 0 Å². The van der Waals surface area contributed by atoms with Gasteiger partial charge in [-0.3, -0.25) is 0 Å². The molecule has 2 rings (SSSR count). The molecule has 110 valence electrons. The SMILES string of the molecule is CC(OCn1ccnc1[N+](=O)[O-])OC(=O)c1ccccc1. The normalized spacial score (nSPS) is 11.9. The summed E-state index contributed by atoms with van der Waals surface area (Å²) in [5.74, 6) is -0.861. The Morgan fingerprint density at radius 1 is 1.43 bits per heavy atom. The molecule has 0 N–H and O–H groups in total. The minimum Gasteiger partial charge on any atom is -0.432 e. The molecule has 1 aromatic carbocycles. The fraction of sp³-hybridized carbons (Fsp3) is 0.231. The zero-order valence-electron chi connectivity index (χ0n) is 11.2. The van der Waals surface area contributed by atoms with E-state index in [4.69, 9.17) is 9.47 Å². The average molecular weight is 291 g/mol. The molecule has 21 heavy (non-hydrogen) atoms. The summed E-state index contributed by atoms with van der Waals surface area (Å²) in [5.41, 5.74) is 0.404. The first kappa shape index (κ1) is 14.7. The van der Waals surface area contributed by atoms with E-state index in [-0.39, 0.29) is 12.7 Å². The Bertz CT molecular complexity index is 626. The lowest BCUT2D eigenvalue weighted by Crippen LogP contribution is -2.20. The monoisotopic (exact) mass is 291 g/mol. The zero-order chi connectivity index (χ0) is 15.2. The predicted octanol–water partition coefficient (Wildman–Crippen LogP) is 1.97. The first-order valence-corrected chi connectivity index (χ1v) is 6.11. The van der Waals surface area contributed by atoms with Crippen molar-refractivity contribution in [1.82, 2.24) is 9.55 Å². The van der Waals surface area contributed by atoms with E-state index in [0.29, 0.717) is 5.56 Å². The number of imidazole rings is 1. The second-order valence-corrected chi connectivity index (χ2v) is 4.09. The highest BCUT2D eigenvalue weighted by molar-refractivity contribution is 5.89. The molecule has 8 nitrogen and oxygen atoms in total. The molecule has 0 bridgehead atoms. The molecule has 0 aliphatic rings. The summed E-state index contributed by atoms with van der Waals surface area (Å²) < 4.78 is 11.5. The van der Waals surface area contributed by atoms with Crippen LogP contribution in [0.5, 0.6) is 0 Å². The van der Waals surface area contributed by atoms with Crippen LogP contribution >= 0.6 is 0 Å². The van der Waals surface area contributed by atoms with Crippen LogP contribution in [0.3, 0.4) is 0 Å². The maximum absolute atomic E-state index is 11.8. The van der Waals surface area contributed by atoms with Gasteiger partial charge in [0.25, 0.3) is 0 Å². The smallest absolute Gasteiger partial charge is 0.432 e. The molecule has 0 aliphatic heterocycles. The molecule has 8 heteroatoms. The van der Waals surface area contributed by atoms with Crippen LogP contribution < -0.4 is 0 Å². The van der Waals surface area contributed by atoms with Gasteiger partial charge in [0.2, 0.25) is 6.29 Å². The maximum atomic E-state index is 11.8. The van der Waals surface area contributed by atoms with Crippen LogP contribution in [0.15, 0.2) is 42.7 Å². The van der Waals surface area contributed by atoms with Gasteiger partial charge in [-0.05, 0) is 24.0 Å². The van der Waals surface area contributed by atoms with Gasteiger partial charge in [-0.25, -0.2) is 9.36 Å². The van der Waals surface area contributed by atoms with Gasteiger partial charge in [-0.15, -0.1) is 0 Å². The summed E-state index contributed by atoms with van der Waals surface area (Å²) in [6, 6.07) is 8.47. The Hall–Kier alpha value is -2.74. The first-order valence-electron chi connectivity index (χ1n) is 6.11. The number of benzene rings is 1. The Labute approximate surface area is 120 Å². The van der Waals surface area contributed by atoms with Crippen LogP contribution in [0.4, 0.5) is 5.95 Å². The second-order valence-electron chi connectivity index (χ2n) is 4.09. The van der Waals surface area contributed by atoms with Crippen LogP contribution in [0.1, 0.15) is 17.3 Å². The van der Waals surface area contributed by atoms with Crippen LogP contribution in [0.25, 0.3) is 0 Å². The van der Waals surface area contributed by atoms with Crippen LogP contribution in [-0.2, 0) is 16.2 Å². The number of hydrogen-bond donors (Lipinski definition) is 0. The Kier molecular flexibility index (Phi) is 4.62. The molecule has 0 saturated carbocycles. The lowest BCUT2D eigenvalue weighted by atomic mass is 10.2. The van der Waals surface area contributed by atoms with Gasteiger partial charge in [0, 0.05) is 0 Å². The summed E-state index contributed by atoms with van der Waals surface area (Å²) in [7, 11) is 0. The standard InChI is InChI=1S/C13H13N3O5/c1-10(21-12(17)11-5-3-2-4-6-11)20-9-15-8-7-14-13(15)16(18)19/h2-8,10H,9H2,1H3. The molecular formula is C13H13N3O5. The van der Waals surface area contributed by atoms with E-state index in [1.807, 2.05) is 0 Å². The maximum Gasteiger partial charge on any atom is 0.436 e. The van der Waals surface area contributed by atoms with E-state index in [0.717, 1.165) is 0 Å². The van der Waals surface area contributed by atoms with Crippen LogP contribution in [-0.4, -0.2) is 26.7 Å². The van der Waals surface area contributed by atoms with Gasteiger partial charge < -0.3 is 19.6 Å². The molecule has 1 aromatic heterocycles. The number of hydrogen-bond acceptors (Lipinski definition) is 6. The van der Waals surface area contributed by atoms with Crippen molar-refractivity contribution in [3.63, 3.8) is 0 Å². The van der Waals surface area contributed by atoms with Crippen molar-refractivity contribution in [3.05, 3.63) is 58.4 Å².